The van der Waals surface area contributed by atoms with Crippen molar-refractivity contribution in [2.45, 2.75) is 105 Å². The maximum Gasteiger partial charge on any atom is 0.336 e. The number of nitrogens with one attached hydrogen (secondary N) is 5. The summed E-state index contributed by atoms with van der Waals surface area (Å²) in [5.74, 6) is -4.55. The molecule has 0 bridgehead atoms. The molecule has 1 aromatic carbocycles. The molecule has 0 fully saturated rings. The van der Waals surface area contributed by atoms with Crippen LogP contribution in [0.2, 0.25) is 0 Å². The molecular formula is C34H49N7O9. The molecule has 0 aliphatic rings. The Hall–Kier alpha value is -5.28. The minimum atomic E-state index is -1.29. The lowest BCUT2D eigenvalue weighted by atomic mass is 9.85. The standard InChI is InChI=1S/C34H49N7O9/c1-8-22(37-18(4)42)30(46)41-29(34(5,6)7)33(49)40-24(13-17(2)3)32(48)39-23(11-12-26(35)43)31(47)38-20-9-10-21-19(14-27(36)44)15-28(45)50-25(21)16-20/h9-10,15-17,22-24,29H,8,11-14H2,1-7H3,(H2,35,43)(H2,36,44)(H,37,42)(H,38,47)(H,39,48)(H,40,49)(H,41,46)/t22-,23-,24-,29+/m0/s1. The second kappa shape index (κ2) is 17.9. The van der Waals surface area contributed by atoms with Crippen LogP contribution in [0.25, 0.3) is 11.0 Å². The zero-order valence-electron chi connectivity index (χ0n) is 29.6. The van der Waals surface area contributed by atoms with Crippen LogP contribution in [-0.2, 0) is 40.0 Å². The lowest BCUT2D eigenvalue weighted by Crippen LogP contribution is -2.61. The molecule has 2 aromatic rings. The number of hydrogen-bond donors (Lipinski definition) is 7. The predicted octanol–water partition coefficient (Wildman–Crippen LogP) is 0.486. The van der Waals surface area contributed by atoms with Crippen molar-refractivity contribution in [2.24, 2.45) is 22.8 Å². The molecule has 16 heteroatoms. The molecule has 0 saturated carbocycles. The van der Waals surface area contributed by atoms with Crippen molar-refractivity contribution < 1.29 is 38.0 Å². The lowest BCUT2D eigenvalue weighted by Gasteiger charge is -2.33. The minimum Gasteiger partial charge on any atom is -0.423 e. The number of primary amides is 2. The fourth-order valence-corrected chi connectivity index (χ4v) is 5.17. The smallest absolute Gasteiger partial charge is 0.336 e. The SMILES string of the molecule is CC[C@H](NC(C)=O)C(=O)N[C@H](C(=O)N[C@@H](CC(C)C)C(=O)N[C@@H](CCC(N)=O)C(=O)Nc1ccc2c(CC(N)=O)cc(=O)oc2c1)C(C)(C)C. The van der Waals surface area contributed by atoms with E-state index in [4.69, 9.17) is 15.9 Å². The third-order valence-corrected chi connectivity index (χ3v) is 7.63. The second-order valence-electron chi connectivity index (χ2n) is 13.7. The average Bonchev–Trinajstić information content (AvgIpc) is 2.98. The fourth-order valence-electron chi connectivity index (χ4n) is 5.17. The van der Waals surface area contributed by atoms with Gasteiger partial charge in [-0.05, 0) is 48.3 Å². The minimum absolute atomic E-state index is 0.0757. The van der Waals surface area contributed by atoms with Gasteiger partial charge in [0.25, 0.3) is 0 Å². The highest BCUT2D eigenvalue weighted by atomic mass is 16.4. The zero-order valence-corrected chi connectivity index (χ0v) is 29.6. The third kappa shape index (κ3) is 12.6. The Kier molecular flexibility index (Phi) is 14.7. The van der Waals surface area contributed by atoms with Gasteiger partial charge in [0.15, 0.2) is 0 Å². The van der Waals surface area contributed by atoms with Crippen molar-refractivity contribution in [3.8, 4) is 0 Å². The summed E-state index contributed by atoms with van der Waals surface area (Å²) in [6.45, 7) is 11.8. The summed E-state index contributed by atoms with van der Waals surface area (Å²) in [6, 6.07) is 1.12. The first-order valence-electron chi connectivity index (χ1n) is 16.3. The molecule has 50 heavy (non-hydrogen) atoms. The van der Waals surface area contributed by atoms with Crippen LogP contribution in [0.5, 0.6) is 0 Å². The number of amides is 7. The van der Waals surface area contributed by atoms with Crippen LogP contribution in [0.1, 0.15) is 79.7 Å². The molecule has 2 rings (SSSR count). The first kappa shape index (κ1) is 40.9. The Balaban J connectivity index is 2.34. The normalized spacial score (nSPS) is 13.8. The summed E-state index contributed by atoms with van der Waals surface area (Å²) in [7, 11) is 0. The van der Waals surface area contributed by atoms with Gasteiger partial charge in [-0.1, -0.05) is 41.5 Å². The highest BCUT2D eigenvalue weighted by Gasteiger charge is 2.37. The van der Waals surface area contributed by atoms with Crippen molar-refractivity contribution in [3.05, 3.63) is 40.2 Å². The van der Waals surface area contributed by atoms with Gasteiger partial charge in [0.2, 0.25) is 41.4 Å². The molecule has 0 aliphatic heterocycles. The number of carbonyl (C=O) groups is 7. The van der Waals surface area contributed by atoms with Crippen molar-refractivity contribution >= 4 is 58.0 Å². The van der Waals surface area contributed by atoms with Gasteiger partial charge in [-0.3, -0.25) is 33.6 Å². The number of rotatable bonds is 17. The molecule has 7 amide bonds. The Bertz CT molecular complexity index is 1660. The highest BCUT2D eigenvalue weighted by molar-refractivity contribution is 6.00. The van der Waals surface area contributed by atoms with E-state index in [-0.39, 0.29) is 49.3 Å². The number of benzene rings is 1. The van der Waals surface area contributed by atoms with E-state index in [1.165, 1.54) is 25.1 Å². The van der Waals surface area contributed by atoms with Crippen molar-refractivity contribution in [2.75, 3.05) is 5.32 Å². The molecule has 9 N–H and O–H groups in total. The molecular weight excluding hydrogens is 650 g/mol. The van der Waals surface area contributed by atoms with E-state index in [9.17, 15) is 38.4 Å². The predicted molar refractivity (Wildman–Crippen MR) is 185 cm³/mol. The zero-order chi connectivity index (χ0) is 37.9. The van der Waals surface area contributed by atoms with Crippen molar-refractivity contribution in [1.82, 2.24) is 21.3 Å². The van der Waals surface area contributed by atoms with Gasteiger partial charge in [-0.25, -0.2) is 4.79 Å². The molecule has 0 saturated heterocycles. The Morgan fingerprint density at radius 3 is 1.96 bits per heavy atom. The molecule has 1 aromatic heterocycles. The van der Waals surface area contributed by atoms with Gasteiger partial charge < -0.3 is 42.5 Å². The van der Waals surface area contributed by atoms with Crippen molar-refractivity contribution in [1.29, 1.82) is 0 Å². The van der Waals surface area contributed by atoms with Gasteiger partial charge >= 0.3 is 5.63 Å². The van der Waals surface area contributed by atoms with E-state index in [1.807, 2.05) is 13.8 Å². The summed E-state index contributed by atoms with van der Waals surface area (Å²) >= 11 is 0. The molecule has 274 valence electrons. The van der Waals surface area contributed by atoms with Crippen LogP contribution in [0.3, 0.4) is 0 Å². The number of hydrogen-bond acceptors (Lipinski definition) is 9. The maximum absolute atomic E-state index is 13.7. The largest absolute Gasteiger partial charge is 0.423 e. The van der Waals surface area contributed by atoms with Crippen LogP contribution in [0, 0.1) is 11.3 Å². The second-order valence-corrected chi connectivity index (χ2v) is 13.7. The van der Waals surface area contributed by atoms with Gasteiger partial charge in [-0.2, -0.15) is 0 Å². The van der Waals surface area contributed by atoms with E-state index < -0.39 is 76.6 Å². The van der Waals surface area contributed by atoms with Crippen LogP contribution < -0.4 is 43.7 Å². The molecule has 0 aliphatic carbocycles. The Morgan fingerprint density at radius 2 is 1.42 bits per heavy atom. The average molecular weight is 700 g/mol. The number of carbonyl (C=O) groups excluding carboxylic acids is 7. The summed E-state index contributed by atoms with van der Waals surface area (Å²) < 4.78 is 5.24. The molecule has 0 unspecified atom stereocenters. The van der Waals surface area contributed by atoms with Crippen molar-refractivity contribution in [3.63, 3.8) is 0 Å². The molecule has 16 nitrogen and oxygen atoms in total. The van der Waals surface area contributed by atoms with Gasteiger partial charge in [0.1, 0.15) is 29.8 Å². The quantitative estimate of drug-likeness (QED) is 0.113. The first-order chi connectivity index (χ1) is 23.2. The monoisotopic (exact) mass is 699 g/mol. The Labute approximate surface area is 290 Å². The molecule has 0 spiro atoms. The van der Waals surface area contributed by atoms with Crippen LogP contribution in [-0.4, -0.2) is 65.5 Å². The van der Waals surface area contributed by atoms with E-state index in [1.54, 1.807) is 27.7 Å². The molecule has 0 radical (unpaired) electrons. The highest BCUT2D eigenvalue weighted by Crippen LogP contribution is 2.23. The Morgan fingerprint density at radius 1 is 0.800 bits per heavy atom. The lowest BCUT2D eigenvalue weighted by molar-refractivity contribution is -0.136. The number of anilines is 1. The molecule has 4 atom stereocenters. The third-order valence-electron chi connectivity index (χ3n) is 7.63. The topological polar surface area (TPSA) is 262 Å². The first-order valence-corrected chi connectivity index (χ1v) is 16.3. The summed E-state index contributed by atoms with van der Waals surface area (Å²) in [4.78, 5) is 101. The van der Waals surface area contributed by atoms with Crippen LogP contribution in [0.4, 0.5) is 5.69 Å². The van der Waals surface area contributed by atoms with Gasteiger partial charge in [0, 0.05) is 36.6 Å². The number of nitrogens with two attached hydrogens (primary N) is 2. The fraction of sp³-hybridized carbons (Fsp3) is 0.529. The van der Waals surface area contributed by atoms with Gasteiger partial charge in [-0.15, -0.1) is 0 Å². The molecule has 1 heterocycles. The van der Waals surface area contributed by atoms with E-state index in [0.717, 1.165) is 6.07 Å². The maximum atomic E-state index is 13.7. The van der Waals surface area contributed by atoms with E-state index >= 15 is 0 Å². The van der Waals surface area contributed by atoms with Crippen LogP contribution in [0.15, 0.2) is 33.5 Å². The number of fused-ring (bicyclic) bond motifs is 1. The van der Waals surface area contributed by atoms with E-state index in [2.05, 4.69) is 26.6 Å². The summed E-state index contributed by atoms with van der Waals surface area (Å²) in [6.07, 6.45) is -0.201. The summed E-state index contributed by atoms with van der Waals surface area (Å²) in [5.41, 5.74) is 9.70. The van der Waals surface area contributed by atoms with Gasteiger partial charge in [0.05, 0.1) is 6.42 Å². The van der Waals surface area contributed by atoms with E-state index in [0.29, 0.717) is 10.9 Å². The summed E-state index contributed by atoms with van der Waals surface area (Å²) in [5, 5.41) is 13.6. The van der Waals surface area contributed by atoms with Crippen LogP contribution >= 0.6 is 0 Å².